The molecule has 7 atom stereocenters. The molecule has 428 valence electrons. The summed E-state index contributed by atoms with van der Waals surface area (Å²) in [4.78, 5) is 150. The number of rotatable bonds is 37. The Balaban J connectivity index is 1.75. The van der Waals surface area contributed by atoms with E-state index < -0.39 is 121 Å². The first-order valence-electron chi connectivity index (χ1n) is 25.0. The average molecular weight is 1100 g/mol. The topological polar surface area (TPSA) is 533 Å². The molecule has 3 rings (SSSR count). The van der Waals surface area contributed by atoms with Gasteiger partial charge in [0.05, 0.1) is 38.2 Å². The fourth-order valence-corrected chi connectivity index (χ4v) is 7.49. The van der Waals surface area contributed by atoms with Gasteiger partial charge < -0.3 is 97.1 Å². The van der Waals surface area contributed by atoms with Crippen molar-refractivity contribution in [3.8, 4) is 5.75 Å². The zero-order valence-electron chi connectivity index (χ0n) is 43.0. The number of nitrogens with one attached hydrogen (secondary N) is 10. The first-order chi connectivity index (χ1) is 37.2. The first-order valence-corrected chi connectivity index (χ1v) is 25.0. The minimum Gasteiger partial charge on any atom is -0.508 e. The number of guanidine groups is 1. The number of imidazole rings is 2. The van der Waals surface area contributed by atoms with Gasteiger partial charge in [-0.15, -0.1) is 0 Å². The van der Waals surface area contributed by atoms with E-state index in [0.717, 1.165) is 0 Å². The van der Waals surface area contributed by atoms with Crippen molar-refractivity contribution in [2.24, 2.45) is 39.4 Å². The summed E-state index contributed by atoms with van der Waals surface area (Å²) in [6.45, 7) is -0.922. The van der Waals surface area contributed by atoms with Gasteiger partial charge in [0, 0.05) is 49.6 Å². The lowest BCUT2D eigenvalue weighted by atomic mass is 10.0. The molecule has 31 heteroatoms. The predicted molar refractivity (Wildman–Crippen MR) is 279 cm³/mol. The summed E-state index contributed by atoms with van der Waals surface area (Å²) < 4.78 is 0. The maximum atomic E-state index is 14.2. The molecule has 0 aliphatic carbocycles. The largest absolute Gasteiger partial charge is 0.508 e. The molecule has 3 aromatic rings. The number of carboxylic acids is 1. The van der Waals surface area contributed by atoms with E-state index in [1.165, 1.54) is 37.2 Å². The molecule has 0 fully saturated rings. The van der Waals surface area contributed by atoms with Crippen LogP contribution in [0, 0.1) is 0 Å². The van der Waals surface area contributed by atoms with Gasteiger partial charge in [0.15, 0.2) is 5.96 Å². The van der Waals surface area contributed by atoms with Crippen molar-refractivity contribution in [1.29, 1.82) is 0 Å². The van der Waals surface area contributed by atoms with Crippen LogP contribution in [-0.2, 0) is 67.2 Å². The van der Waals surface area contributed by atoms with Crippen LogP contribution in [0.4, 0.5) is 0 Å². The second kappa shape index (κ2) is 34.1. The highest BCUT2D eigenvalue weighted by atomic mass is 16.4. The van der Waals surface area contributed by atoms with Gasteiger partial charge >= 0.3 is 5.97 Å². The number of aromatic nitrogens is 4. The smallest absolute Gasteiger partial charge is 0.305 e. The number of phenolic OH excluding ortho intramolecular Hbond substituents is 1. The van der Waals surface area contributed by atoms with Crippen LogP contribution in [0.2, 0.25) is 0 Å². The number of carbonyl (C=O) groups is 10. The Hall–Kier alpha value is -8.71. The molecule has 0 unspecified atom stereocenters. The highest BCUT2D eigenvalue weighted by molar-refractivity contribution is 5.98. The minimum absolute atomic E-state index is 0.0355. The quantitative estimate of drug-likeness (QED) is 0.0145. The molecule has 24 N–H and O–H groups in total. The standard InChI is InChI=1S/C47H73N19O12/c48-13-3-1-6-32(44(76)66-36(19-39(70)71)43(75)58-22-37(68)61-31(40(51)72)8-5-15-56-47(52)53)62-38(69)23-57-42(74)35(18-28-21-55-25-60-28)65-45(77)33(7-2-4-14-49)63-46(78)34(16-26-9-11-29(67)12-10-26)64-41(73)30(50)17-27-20-54-24-59-27/h9-12,20-21,24-25,30-36,67H,1-8,13-19,22-23,48-50H2,(H2,51,72)(H,54,59)(H,55,60)(H,57,74)(H,58,75)(H,61,68)(H,62,69)(H,63,78)(H,64,73)(H,65,77)(H,66,76)(H,70,71)(H4,52,53,56)/t30-,31-,32-,33-,34-,35-,36-/m0/s1. The molecule has 2 aromatic heterocycles. The Morgan fingerprint density at radius 1 is 0.551 bits per heavy atom. The third-order valence-electron chi connectivity index (χ3n) is 11.6. The molecule has 0 saturated heterocycles. The van der Waals surface area contributed by atoms with Crippen LogP contribution in [0.5, 0.6) is 5.75 Å². The third-order valence-corrected chi connectivity index (χ3v) is 11.6. The van der Waals surface area contributed by atoms with Gasteiger partial charge in [-0.1, -0.05) is 12.1 Å². The number of hydrogen-bond acceptors (Lipinski definition) is 17. The monoisotopic (exact) mass is 1100 g/mol. The SMILES string of the molecule is NCCCC[C@H](NC(=O)CNC(=O)[C@H](Cc1cnc[nH]1)NC(=O)[C@H](CCCCN)NC(=O)[C@H](Cc1ccc(O)cc1)NC(=O)[C@@H](N)Cc1cnc[nH]1)C(=O)N[C@@H](CC(=O)O)C(=O)NCC(=O)N[C@@H](CCCN=C(N)N)C(N)=O. The lowest BCUT2D eigenvalue weighted by molar-refractivity contribution is -0.141. The van der Waals surface area contributed by atoms with Crippen molar-refractivity contribution in [3.05, 3.63) is 66.3 Å². The number of phenols is 1. The molecule has 0 radical (unpaired) electrons. The lowest BCUT2D eigenvalue weighted by Crippen LogP contribution is -2.59. The van der Waals surface area contributed by atoms with E-state index in [1.54, 1.807) is 12.1 Å². The summed E-state index contributed by atoms with van der Waals surface area (Å²) in [5.41, 5.74) is 35.0. The van der Waals surface area contributed by atoms with Crippen molar-refractivity contribution < 1.29 is 58.2 Å². The maximum Gasteiger partial charge on any atom is 0.305 e. The summed E-state index contributed by atoms with van der Waals surface area (Å²) in [5.74, 6) is -9.68. The number of aliphatic imine (C=N–C) groups is 1. The van der Waals surface area contributed by atoms with E-state index in [2.05, 4.69) is 67.5 Å². The Morgan fingerprint density at radius 2 is 1.01 bits per heavy atom. The van der Waals surface area contributed by atoms with Gasteiger partial charge in [0.2, 0.25) is 53.2 Å². The Morgan fingerprint density at radius 3 is 1.53 bits per heavy atom. The fourth-order valence-electron chi connectivity index (χ4n) is 7.49. The van der Waals surface area contributed by atoms with Crippen molar-refractivity contribution in [3.63, 3.8) is 0 Å². The summed E-state index contributed by atoms with van der Waals surface area (Å²) in [6.07, 6.45) is 6.21. The molecule has 0 bridgehead atoms. The number of nitrogens with two attached hydrogens (primary N) is 6. The van der Waals surface area contributed by atoms with Crippen LogP contribution in [0.1, 0.15) is 74.7 Å². The normalized spacial score (nSPS) is 13.6. The van der Waals surface area contributed by atoms with Crippen LogP contribution < -0.4 is 76.9 Å². The van der Waals surface area contributed by atoms with Crippen LogP contribution in [-0.4, -0.2) is 170 Å². The highest BCUT2D eigenvalue weighted by Gasteiger charge is 2.33. The number of aromatic hydroxyl groups is 1. The van der Waals surface area contributed by atoms with Crippen molar-refractivity contribution in [2.45, 2.75) is 119 Å². The first kappa shape index (κ1) is 63.6. The van der Waals surface area contributed by atoms with Crippen molar-refractivity contribution >= 4 is 65.1 Å². The number of nitrogens with zero attached hydrogens (tertiary/aromatic N) is 3. The number of hydrogen-bond donors (Lipinski definition) is 18. The zero-order chi connectivity index (χ0) is 57.6. The van der Waals surface area contributed by atoms with Crippen molar-refractivity contribution in [1.82, 2.24) is 62.5 Å². The van der Waals surface area contributed by atoms with E-state index in [-0.39, 0.29) is 82.7 Å². The lowest BCUT2D eigenvalue weighted by Gasteiger charge is -2.26. The van der Waals surface area contributed by atoms with Crippen LogP contribution in [0.25, 0.3) is 0 Å². The van der Waals surface area contributed by atoms with E-state index in [0.29, 0.717) is 36.2 Å². The summed E-state index contributed by atoms with van der Waals surface area (Å²) in [7, 11) is 0. The van der Waals surface area contributed by atoms with E-state index in [4.69, 9.17) is 34.4 Å². The molecule has 31 nitrogen and oxygen atoms in total. The van der Waals surface area contributed by atoms with Crippen LogP contribution >= 0.6 is 0 Å². The van der Waals surface area contributed by atoms with Gasteiger partial charge in [-0.25, -0.2) is 9.97 Å². The second-order valence-electron chi connectivity index (χ2n) is 18.0. The molecule has 9 amide bonds. The van der Waals surface area contributed by atoms with Gasteiger partial charge in [0.1, 0.15) is 42.0 Å². The molecule has 0 spiro atoms. The third kappa shape index (κ3) is 24.3. The van der Waals surface area contributed by atoms with Crippen molar-refractivity contribution in [2.75, 3.05) is 32.7 Å². The van der Waals surface area contributed by atoms with E-state index in [1.807, 2.05) is 0 Å². The molecular formula is C47H73N19O12. The molecule has 0 aliphatic heterocycles. The number of benzene rings is 1. The van der Waals surface area contributed by atoms with Gasteiger partial charge in [-0.05, 0) is 82.2 Å². The van der Waals surface area contributed by atoms with Crippen LogP contribution in [0.15, 0.2) is 54.3 Å². The number of primary amides is 1. The van der Waals surface area contributed by atoms with E-state index in [9.17, 15) is 58.2 Å². The molecule has 2 heterocycles. The molecule has 1 aromatic carbocycles. The summed E-state index contributed by atoms with van der Waals surface area (Å²) >= 11 is 0. The van der Waals surface area contributed by atoms with Gasteiger partial charge in [0.25, 0.3) is 0 Å². The summed E-state index contributed by atoms with van der Waals surface area (Å²) in [5, 5.41) is 39.2. The van der Waals surface area contributed by atoms with Gasteiger partial charge in [-0.2, -0.15) is 0 Å². The highest BCUT2D eigenvalue weighted by Crippen LogP contribution is 2.13. The average Bonchev–Trinajstić information content (AvgIpc) is 4.12. The van der Waals surface area contributed by atoms with E-state index >= 15 is 0 Å². The number of amides is 9. The Kier molecular flexibility index (Phi) is 27.8. The number of aliphatic carboxylic acids is 1. The fraction of sp³-hybridized carbons (Fsp3) is 0.511. The predicted octanol–water partition coefficient (Wildman–Crippen LogP) is -6.39. The molecule has 78 heavy (non-hydrogen) atoms. The van der Waals surface area contributed by atoms with Crippen LogP contribution in [0.3, 0.4) is 0 Å². The number of aromatic amines is 2. The molecule has 0 saturated carbocycles. The summed E-state index contributed by atoms with van der Waals surface area (Å²) in [6, 6.07) is -3.54. The number of unbranched alkanes of at least 4 members (excludes halogenated alkanes) is 2. The Labute approximate surface area is 448 Å². The minimum atomic E-state index is -1.76. The Bertz CT molecular complexity index is 2450. The van der Waals surface area contributed by atoms with Gasteiger partial charge in [-0.3, -0.25) is 52.9 Å². The number of H-pyrrole nitrogens is 2. The molecule has 0 aliphatic rings. The number of carbonyl (C=O) groups excluding carboxylic acids is 9. The zero-order valence-corrected chi connectivity index (χ0v) is 43.0. The second-order valence-corrected chi connectivity index (χ2v) is 18.0. The number of carboxylic acid groups (broad SMARTS) is 1. The maximum absolute atomic E-state index is 14.2. The molecular weight excluding hydrogens is 1020 g/mol.